The van der Waals surface area contributed by atoms with Crippen molar-refractivity contribution in [2.45, 2.75) is 52.0 Å². The molecule has 1 saturated heterocycles. The Hall–Kier alpha value is -2.92. The van der Waals surface area contributed by atoms with Crippen molar-refractivity contribution in [3.8, 4) is 0 Å². The molecule has 2 heterocycles. The first-order valence-electron chi connectivity index (χ1n) is 11.8. The predicted molar refractivity (Wildman–Crippen MR) is 128 cm³/mol. The van der Waals surface area contributed by atoms with Crippen molar-refractivity contribution in [3.05, 3.63) is 81.2 Å². The molecule has 3 aromatic rings. The van der Waals surface area contributed by atoms with Crippen molar-refractivity contribution >= 4 is 16.9 Å². The summed E-state index contributed by atoms with van der Waals surface area (Å²) in [7, 11) is 0. The van der Waals surface area contributed by atoms with Crippen LogP contribution in [0.3, 0.4) is 0 Å². The third-order valence-corrected chi connectivity index (χ3v) is 6.48. The van der Waals surface area contributed by atoms with Gasteiger partial charge in [0.25, 0.3) is 5.91 Å². The van der Waals surface area contributed by atoms with E-state index < -0.39 is 0 Å². The molecule has 0 radical (unpaired) electrons. The Morgan fingerprint density at radius 3 is 2.34 bits per heavy atom. The molecule has 0 aliphatic carbocycles. The fraction of sp³-hybridized carbons (Fsp3) is 0.407. The zero-order valence-electron chi connectivity index (χ0n) is 19.0. The quantitative estimate of drug-likeness (QED) is 0.578. The van der Waals surface area contributed by atoms with Gasteiger partial charge in [-0.3, -0.25) is 14.5 Å². The van der Waals surface area contributed by atoms with Crippen molar-refractivity contribution in [2.24, 2.45) is 0 Å². The molecule has 2 aromatic carbocycles. The Morgan fingerprint density at radius 1 is 0.969 bits per heavy atom. The number of piperidine rings is 1. The van der Waals surface area contributed by atoms with Gasteiger partial charge in [0.15, 0.2) is 11.2 Å². The fourth-order valence-electron chi connectivity index (χ4n) is 4.48. The Kier molecular flexibility index (Phi) is 7.05. The number of hydrogen-bond acceptors (Lipinski definition) is 4. The van der Waals surface area contributed by atoms with Crippen LogP contribution >= 0.6 is 0 Å². The normalized spacial score (nSPS) is 15.6. The molecule has 0 saturated carbocycles. The summed E-state index contributed by atoms with van der Waals surface area (Å²) >= 11 is 0. The van der Waals surface area contributed by atoms with E-state index in [1.165, 1.54) is 36.5 Å². The van der Waals surface area contributed by atoms with E-state index >= 15 is 0 Å². The number of fused-ring (bicyclic) bond motifs is 1. The molecule has 1 N–H and O–H groups in total. The molecule has 1 aliphatic rings. The molecule has 0 bridgehead atoms. The van der Waals surface area contributed by atoms with Crippen molar-refractivity contribution in [1.29, 1.82) is 0 Å². The molecule has 1 amide bonds. The van der Waals surface area contributed by atoms with Gasteiger partial charge in [-0.15, -0.1) is 0 Å². The van der Waals surface area contributed by atoms with Crippen LogP contribution in [-0.2, 0) is 12.8 Å². The molecule has 1 atom stereocenters. The monoisotopic (exact) mass is 432 g/mol. The van der Waals surface area contributed by atoms with E-state index in [1.54, 1.807) is 6.07 Å². The Balaban J connectivity index is 1.54. The number of nitrogens with zero attached hydrogens (tertiary/aromatic N) is 1. The molecule has 168 valence electrons. The average molecular weight is 433 g/mol. The Labute approximate surface area is 189 Å². The highest BCUT2D eigenvalue weighted by atomic mass is 16.3. The lowest BCUT2D eigenvalue weighted by atomic mass is 9.99. The number of nitrogens with one attached hydrogen (secondary N) is 1. The van der Waals surface area contributed by atoms with Crippen LogP contribution in [0.15, 0.2) is 57.7 Å². The summed E-state index contributed by atoms with van der Waals surface area (Å²) in [5.41, 5.74) is 3.84. The first-order chi connectivity index (χ1) is 15.6. The number of carbonyl (C=O) groups is 1. The molecule has 0 unspecified atom stereocenters. The van der Waals surface area contributed by atoms with Crippen LogP contribution in [0.5, 0.6) is 0 Å². The molecule has 5 heteroatoms. The molecular weight excluding hydrogens is 400 g/mol. The highest BCUT2D eigenvalue weighted by Crippen LogP contribution is 2.25. The third kappa shape index (κ3) is 4.94. The van der Waals surface area contributed by atoms with Gasteiger partial charge in [-0.2, -0.15) is 0 Å². The molecule has 4 rings (SSSR count). The number of amides is 1. The lowest BCUT2D eigenvalue weighted by Crippen LogP contribution is -2.40. The lowest BCUT2D eigenvalue weighted by Gasteiger charge is -2.35. The minimum atomic E-state index is -0.351. The van der Waals surface area contributed by atoms with Gasteiger partial charge in [0, 0.05) is 12.6 Å². The topological polar surface area (TPSA) is 62.6 Å². The number of benzene rings is 2. The summed E-state index contributed by atoms with van der Waals surface area (Å²) in [5, 5.41) is 3.54. The second-order valence-corrected chi connectivity index (χ2v) is 8.58. The molecule has 1 fully saturated rings. The van der Waals surface area contributed by atoms with Crippen molar-refractivity contribution in [3.63, 3.8) is 0 Å². The van der Waals surface area contributed by atoms with Crippen molar-refractivity contribution in [1.82, 2.24) is 10.2 Å². The second-order valence-electron chi connectivity index (χ2n) is 8.58. The Morgan fingerprint density at radius 2 is 1.66 bits per heavy atom. The van der Waals surface area contributed by atoms with E-state index in [1.807, 2.05) is 19.1 Å². The van der Waals surface area contributed by atoms with Gasteiger partial charge >= 0.3 is 0 Å². The average Bonchev–Trinajstić information content (AvgIpc) is 2.84. The zero-order chi connectivity index (χ0) is 22.5. The SMILES string of the molecule is CCc1ccc([C@H](CNC(=O)c2cc(=O)c3cc(CC)ccc3o2)N2CCCCC2)cc1. The van der Waals surface area contributed by atoms with Crippen LogP contribution in [0.4, 0.5) is 0 Å². The van der Waals surface area contributed by atoms with Gasteiger partial charge in [-0.1, -0.05) is 50.6 Å². The van der Waals surface area contributed by atoms with Crippen LogP contribution in [0.2, 0.25) is 0 Å². The van der Waals surface area contributed by atoms with Gasteiger partial charge in [-0.05, 0) is 67.6 Å². The van der Waals surface area contributed by atoms with Crippen LogP contribution in [0.1, 0.15) is 66.4 Å². The van der Waals surface area contributed by atoms with Crippen LogP contribution < -0.4 is 10.7 Å². The maximum absolute atomic E-state index is 12.9. The van der Waals surface area contributed by atoms with Crippen molar-refractivity contribution in [2.75, 3.05) is 19.6 Å². The van der Waals surface area contributed by atoms with Gasteiger partial charge in [0.1, 0.15) is 5.58 Å². The van der Waals surface area contributed by atoms with E-state index in [-0.39, 0.29) is 23.1 Å². The standard InChI is InChI=1S/C27H32N2O3/c1-3-19-8-11-21(12-9-19)23(29-14-6-5-7-15-29)18-28-27(31)26-17-24(30)22-16-20(4-2)10-13-25(22)32-26/h8-13,16-17,23H,3-7,14-15,18H2,1-2H3,(H,28,31)/t23-/m0/s1. The third-order valence-electron chi connectivity index (χ3n) is 6.48. The molecule has 1 aromatic heterocycles. The number of likely N-dealkylation sites (tertiary alicyclic amines) is 1. The van der Waals surface area contributed by atoms with E-state index in [4.69, 9.17) is 4.42 Å². The molecular formula is C27H32N2O3. The van der Waals surface area contributed by atoms with Crippen molar-refractivity contribution < 1.29 is 9.21 Å². The number of aryl methyl sites for hydroxylation is 2. The number of hydrogen-bond donors (Lipinski definition) is 1. The first-order valence-corrected chi connectivity index (χ1v) is 11.8. The number of carbonyl (C=O) groups excluding carboxylic acids is 1. The molecule has 0 spiro atoms. The zero-order valence-corrected chi connectivity index (χ0v) is 19.0. The highest BCUT2D eigenvalue weighted by molar-refractivity contribution is 5.93. The lowest BCUT2D eigenvalue weighted by molar-refractivity contribution is 0.0897. The fourth-order valence-corrected chi connectivity index (χ4v) is 4.48. The number of rotatable bonds is 7. The van der Waals surface area contributed by atoms with Gasteiger partial charge in [-0.25, -0.2) is 0 Å². The summed E-state index contributed by atoms with van der Waals surface area (Å²) < 4.78 is 5.79. The molecule has 1 aliphatic heterocycles. The van der Waals surface area contributed by atoms with Gasteiger partial charge < -0.3 is 9.73 Å². The Bertz CT molecular complexity index is 1130. The summed E-state index contributed by atoms with van der Waals surface area (Å²) in [6.07, 6.45) is 5.46. The van der Waals surface area contributed by atoms with Crippen LogP contribution in [0, 0.1) is 0 Å². The van der Waals surface area contributed by atoms with E-state index in [0.29, 0.717) is 17.5 Å². The molecule has 32 heavy (non-hydrogen) atoms. The summed E-state index contributed by atoms with van der Waals surface area (Å²) in [6, 6.07) is 15.6. The van der Waals surface area contributed by atoms with E-state index in [9.17, 15) is 9.59 Å². The van der Waals surface area contributed by atoms with E-state index in [0.717, 1.165) is 31.5 Å². The summed E-state index contributed by atoms with van der Waals surface area (Å²) in [5.74, 6) is -0.291. The smallest absolute Gasteiger partial charge is 0.287 e. The highest BCUT2D eigenvalue weighted by Gasteiger charge is 2.24. The largest absolute Gasteiger partial charge is 0.451 e. The van der Waals surface area contributed by atoms with Gasteiger partial charge in [0.2, 0.25) is 0 Å². The first kappa shape index (κ1) is 22.3. The maximum Gasteiger partial charge on any atom is 0.287 e. The second kappa shape index (κ2) is 10.1. The maximum atomic E-state index is 12.9. The summed E-state index contributed by atoms with van der Waals surface area (Å²) in [4.78, 5) is 28.0. The predicted octanol–water partition coefficient (Wildman–Crippen LogP) is 4.87. The minimum Gasteiger partial charge on any atom is -0.451 e. The van der Waals surface area contributed by atoms with E-state index in [2.05, 4.69) is 41.4 Å². The van der Waals surface area contributed by atoms with Gasteiger partial charge in [0.05, 0.1) is 11.4 Å². The summed E-state index contributed by atoms with van der Waals surface area (Å²) in [6.45, 7) is 6.72. The van der Waals surface area contributed by atoms with Crippen LogP contribution in [-0.4, -0.2) is 30.4 Å². The molecule has 5 nitrogen and oxygen atoms in total. The van der Waals surface area contributed by atoms with Crippen LogP contribution in [0.25, 0.3) is 11.0 Å². The minimum absolute atomic E-state index is 0.0606.